The Hall–Kier alpha value is -3.24. The SMILES string of the molecule is COCCN1C(=O)C(CC(=O)Nc2cccc([N+](=O)[O-])c2)SC1=Nc1ccc(C(C)C)cc1. The number of hydrogen-bond acceptors (Lipinski definition) is 7. The number of nitrogens with zero attached hydrogens (tertiary/aromatic N) is 3. The molecule has 10 heteroatoms. The van der Waals surface area contributed by atoms with Crippen molar-refractivity contribution in [2.45, 2.75) is 31.4 Å². The van der Waals surface area contributed by atoms with Gasteiger partial charge in [0.1, 0.15) is 5.25 Å². The Morgan fingerprint density at radius 1 is 1.27 bits per heavy atom. The van der Waals surface area contributed by atoms with Crippen molar-refractivity contribution >= 4 is 45.8 Å². The highest BCUT2D eigenvalue weighted by Gasteiger charge is 2.39. The predicted molar refractivity (Wildman–Crippen MR) is 129 cm³/mol. The van der Waals surface area contributed by atoms with Crippen molar-refractivity contribution in [2.75, 3.05) is 25.6 Å². The van der Waals surface area contributed by atoms with Gasteiger partial charge in [0.2, 0.25) is 11.8 Å². The van der Waals surface area contributed by atoms with Crippen molar-refractivity contribution in [3.63, 3.8) is 0 Å². The minimum absolute atomic E-state index is 0.0824. The highest BCUT2D eigenvalue weighted by molar-refractivity contribution is 8.15. The van der Waals surface area contributed by atoms with E-state index in [2.05, 4.69) is 24.2 Å². The average molecular weight is 471 g/mol. The van der Waals surface area contributed by atoms with Crippen LogP contribution >= 0.6 is 11.8 Å². The third-order valence-corrected chi connectivity index (χ3v) is 6.21. The maximum Gasteiger partial charge on any atom is 0.271 e. The van der Waals surface area contributed by atoms with E-state index >= 15 is 0 Å². The van der Waals surface area contributed by atoms with Crippen LogP contribution in [0.5, 0.6) is 0 Å². The first-order valence-electron chi connectivity index (χ1n) is 10.5. The Morgan fingerprint density at radius 3 is 2.64 bits per heavy atom. The van der Waals surface area contributed by atoms with Crippen LogP contribution in [0, 0.1) is 10.1 Å². The van der Waals surface area contributed by atoms with Gasteiger partial charge in [-0.3, -0.25) is 24.6 Å². The zero-order valence-electron chi connectivity index (χ0n) is 18.7. The summed E-state index contributed by atoms with van der Waals surface area (Å²) in [6.45, 7) is 4.89. The van der Waals surface area contributed by atoms with E-state index < -0.39 is 16.1 Å². The van der Waals surface area contributed by atoms with Crippen molar-refractivity contribution in [1.82, 2.24) is 4.90 Å². The standard InChI is InChI=1S/C23H26N4O5S/c1-15(2)16-7-9-17(10-8-16)25-23-26(11-12-32-3)22(29)20(33-23)14-21(28)24-18-5-4-6-19(13-18)27(30)31/h4-10,13,15,20H,11-12,14H2,1-3H3,(H,24,28). The first kappa shape index (κ1) is 24.4. The van der Waals surface area contributed by atoms with Gasteiger partial charge in [-0.1, -0.05) is 43.8 Å². The molecule has 174 valence electrons. The Morgan fingerprint density at radius 2 is 2.00 bits per heavy atom. The van der Waals surface area contributed by atoms with E-state index in [9.17, 15) is 19.7 Å². The first-order valence-corrected chi connectivity index (χ1v) is 11.4. The summed E-state index contributed by atoms with van der Waals surface area (Å²) in [6, 6.07) is 13.5. The molecule has 0 aliphatic carbocycles. The molecule has 1 heterocycles. The van der Waals surface area contributed by atoms with Gasteiger partial charge in [0.05, 0.1) is 23.8 Å². The maximum atomic E-state index is 13.0. The van der Waals surface area contributed by atoms with Crippen molar-refractivity contribution < 1.29 is 19.2 Å². The average Bonchev–Trinajstić information content (AvgIpc) is 3.06. The number of nitrogens with one attached hydrogen (secondary N) is 1. The van der Waals surface area contributed by atoms with Crippen LogP contribution in [0.25, 0.3) is 0 Å². The van der Waals surface area contributed by atoms with Crippen molar-refractivity contribution in [2.24, 2.45) is 4.99 Å². The molecule has 0 saturated carbocycles. The molecule has 1 aliphatic heterocycles. The minimum Gasteiger partial charge on any atom is -0.383 e. The van der Waals surface area contributed by atoms with E-state index in [-0.39, 0.29) is 18.0 Å². The van der Waals surface area contributed by atoms with E-state index in [1.807, 2.05) is 24.3 Å². The summed E-state index contributed by atoms with van der Waals surface area (Å²) < 4.78 is 5.13. The van der Waals surface area contributed by atoms with Gasteiger partial charge in [-0.25, -0.2) is 4.99 Å². The van der Waals surface area contributed by atoms with E-state index in [1.165, 1.54) is 40.4 Å². The molecular formula is C23H26N4O5S. The van der Waals surface area contributed by atoms with Crippen molar-refractivity contribution in [1.29, 1.82) is 0 Å². The number of amidine groups is 1. The molecule has 2 aromatic rings. The molecule has 1 aliphatic rings. The van der Waals surface area contributed by atoms with Gasteiger partial charge in [0.15, 0.2) is 5.17 Å². The van der Waals surface area contributed by atoms with Gasteiger partial charge in [-0.15, -0.1) is 0 Å². The first-order chi connectivity index (χ1) is 15.8. The monoisotopic (exact) mass is 470 g/mol. The molecule has 1 N–H and O–H groups in total. The van der Waals surface area contributed by atoms with Gasteiger partial charge < -0.3 is 10.1 Å². The smallest absolute Gasteiger partial charge is 0.271 e. The van der Waals surface area contributed by atoms with Crippen LogP contribution in [0.1, 0.15) is 31.7 Å². The lowest BCUT2D eigenvalue weighted by molar-refractivity contribution is -0.384. The molecule has 9 nitrogen and oxygen atoms in total. The third-order valence-electron chi connectivity index (χ3n) is 5.04. The molecule has 0 radical (unpaired) electrons. The van der Waals surface area contributed by atoms with Gasteiger partial charge in [0, 0.05) is 31.4 Å². The maximum absolute atomic E-state index is 13.0. The Bertz CT molecular complexity index is 1060. The number of anilines is 1. The highest BCUT2D eigenvalue weighted by Crippen LogP contribution is 2.32. The lowest BCUT2D eigenvalue weighted by Crippen LogP contribution is -2.35. The van der Waals surface area contributed by atoms with Crippen LogP contribution in [0.4, 0.5) is 17.1 Å². The van der Waals surface area contributed by atoms with Gasteiger partial charge >= 0.3 is 0 Å². The van der Waals surface area contributed by atoms with E-state index in [1.54, 1.807) is 13.2 Å². The number of hydrogen-bond donors (Lipinski definition) is 1. The van der Waals surface area contributed by atoms with Gasteiger partial charge in [-0.2, -0.15) is 0 Å². The molecule has 1 fully saturated rings. The van der Waals surface area contributed by atoms with Crippen molar-refractivity contribution in [3.8, 4) is 0 Å². The number of aliphatic imine (C=N–C) groups is 1. The van der Waals surface area contributed by atoms with E-state index in [0.29, 0.717) is 29.9 Å². The summed E-state index contributed by atoms with van der Waals surface area (Å²) in [5, 5.41) is 13.4. The van der Waals surface area contributed by atoms with E-state index in [0.717, 1.165) is 5.69 Å². The predicted octanol–water partition coefficient (Wildman–Crippen LogP) is 4.32. The molecule has 2 aromatic carbocycles. The number of amides is 2. The summed E-state index contributed by atoms with van der Waals surface area (Å²) in [5.74, 6) is -0.222. The molecular weight excluding hydrogens is 444 g/mol. The number of rotatable bonds is 9. The molecule has 2 amide bonds. The lowest BCUT2D eigenvalue weighted by Gasteiger charge is -2.16. The molecule has 1 saturated heterocycles. The van der Waals surface area contributed by atoms with Crippen LogP contribution in [-0.2, 0) is 14.3 Å². The zero-order chi connectivity index (χ0) is 24.0. The molecule has 33 heavy (non-hydrogen) atoms. The fraction of sp³-hybridized carbons (Fsp3) is 0.348. The normalized spacial score (nSPS) is 17.1. The number of nitro benzene ring substituents is 1. The number of nitro groups is 1. The van der Waals surface area contributed by atoms with Gasteiger partial charge in [-0.05, 0) is 29.7 Å². The molecule has 3 rings (SSSR count). The fourth-order valence-electron chi connectivity index (χ4n) is 3.24. The largest absolute Gasteiger partial charge is 0.383 e. The quantitative estimate of drug-likeness (QED) is 0.431. The number of benzene rings is 2. The number of methoxy groups -OCH3 is 1. The molecule has 1 atom stereocenters. The molecule has 0 aromatic heterocycles. The second-order valence-corrected chi connectivity index (χ2v) is 8.96. The number of ether oxygens (including phenoxy) is 1. The van der Waals surface area contributed by atoms with Crippen LogP contribution in [0.2, 0.25) is 0 Å². The summed E-state index contributed by atoms with van der Waals surface area (Å²) in [4.78, 5) is 42.1. The molecule has 1 unspecified atom stereocenters. The summed E-state index contributed by atoms with van der Waals surface area (Å²) in [7, 11) is 1.55. The third kappa shape index (κ3) is 6.39. The number of thioether (sulfide) groups is 1. The lowest BCUT2D eigenvalue weighted by atomic mass is 10.0. The Balaban J connectivity index is 1.73. The van der Waals surface area contributed by atoms with Gasteiger partial charge in [0.25, 0.3) is 5.69 Å². The Kier molecular flexibility index (Phi) is 8.18. The summed E-state index contributed by atoms with van der Waals surface area (Å²) in [6.07, 6.45) is -0.0824. The van der Waals surface area contributed by atoms with Crippen LogP contribution < -0.4 is 5.32 Å². The minimum atomic E-state index is -0.644. The second-order valence-electron chi connectivity index (χ2n) is 7.79. The summed E-state index contributed by atoms with van der Waals surface area (Å²) >= 11 is 1.23. The topological polar surface area (TPSA) is 114 Å². The number of non-ortho nitro benzene ring substituents is 1. The van der Waals surface area contributed by atoms with Crippen LogP contribution in [0.3, 0.4) is 0 Å². The van der Waals surface area contributed by atoms with Crippen LogP contribution in [-0.4, -0.2) is 52.3 Å². The highest BCUT2D eigenvalue weighted by atomic mass is 32.2. The second kappa shape index (κ2) is 11.1. The Labute approximate surface area is 196 Å². The zero-order valence-corrected chi connectivity index (χ0v) is 19.5. The fourth-order valence-corrected chi connectivity index (χ4v) is 4.42. The number of carbonyl (C=O) groups excluding carboxylic acids is 2. The number of carbonyl (C=O) groups is 2. The molecule has 0 spiro atoms. The molecule has 0 bridgehead atoms. The summed E-state index contributed by atoms with van der Waals surface area (Å²) in [5.41, 5.74) is 2.10. The van der Waals surface area contributed by atoms with E-state index in [4.69, 9.17) is 4.74 Å². The van der Waals surface area contributed by atoms with Crippen molar-refractivity contribution in [3.05, 3.63) is 64.2 Å². The van der Waals surface area contributed by atoms with Crippen LogP contribution in [0.15, 0.2) is 53.5 Å².